The molecule has 0 fully saturated rings. The van der Waals surface area contributed by atoms with Crippen molar-refractivity contribution in [3.8, 4) is 0 Å². The summed E-state index contributed by atoms with van der Waals surface area (Å²) < 4.78 is 0. The standard InChI is InChI=1S/C24H35N5O16/c25-10(1-5-15(30)31)20(40)26-11(2-6-16(32)33)21(41)27-12(3-7-17(34)35)22(42)28-13(4-8-18(36)37)23(43)29-14(24(44)45)9-19(38)39/h10-14H,1-9,25H2,(H,26,40)(H,27,41)(H,28,42)(H,29,43)(H,30,31)(H,32,33)(H,34,35)(H,36,37)(H,38,39)(H,44,45)/t10-,11-,12-,13-,14-/m0/s1. The summed E-state index contributed by atoms with van der Waals surface area (Å²) in [6.45, 7) is 0. The van der Waals surface area contributed by atoms with Gasteiger partial charge in [-0.1, -0.05) is 0 Å². The maximum Gasteiger partial charge on any atom is 0.326 e. The molecule has 4 amide bonds. The summed E-state index contributed by atoms with van der Waals surface area (Å²) in [6.07, 6.45) is -6.01. The van der Waals surface area contributed by atoms with Gasteiger partial charge in [-0.25, -0.2) is 4.79 Å². The van der Waals surface area contributed by atoms with E-state index in [1.807, 2.05) is 5.32 Å². The SMILES string of the molecule is N[C@@H](CCC(=O)O)C(=O)N[C@@H](CCC(=O)O)C(=O)N[C@@H](CCC(=O)O)C(=O)N[C@@H](CCC(=O)O)C(=O)N[C@@H](CC(=O)O)C(=O)O. The van der Waals surface area contributed by atoms with Crippen molar-refractivity contribution in [1.29, 1.82) is 0 Å². The predicted octanol–water partition coefficient (Wildman–Crippen LogP) is -3.73. The van der Waals surface area contributed by atoms with E-state index in [0.29, 0.717) is 0 Å². The zero-order chi connectivity index (χ0) is 34.9. The molecular formula is C24H35N5O16. The lowest BCUT2D eigenvalue weighted by Gasteiger charge is -2.26. The smallest absolute Gasteiger partial charge is 0.326 e. The number of nitrogens with two attached hydrogens (primary N) is 1. The Morgan fingerprint density at radius 3 is 1.00 bits per heavy atom. The number of hydrogen-bond donors (Lipinski definition) is 11. The summed E-state index contributed by atoms with van der Waals surface area (Å²) in [5.74, 6) is -13.8. The van der Waals surface area contributed by atoms with E-state index in [9.17, 15) is 53.1 Å². The van der Waals surface area contributed by atoms with Crippen LogP contribution in [0, 0.1) is 0 Å². The number of carboxylic acids is 6. The van der Waals surface area contributed by atoms with Gasteiger partial charge in [0.05, 0.1) is 12.5 Å². The van der Waals surface area contributed by atoms with Gasteiger partial charge in [-0.15, -0.1) is 0 Å². The minimum Gasteiger partial charge on any atom is -0.481 e. The van der Waals surface area contributed by atoms with Crippen LogP contribution in [-0.2, 0) is 47.9 Å². The molecule has 45 heavy (non-hydrogen) atoms. The van der Waals surface area contributed by atoms with E-state index in [0.717, 1.165) is 0 Å². The van der Waals surface area contributed by atoms with Crippen LogP contribution >= 0.6 is 0 Å². The van der Waals surface area contributed by atoms with Gasteiger partial charge in [-0.3, -0.25) is 43.2 Å². The Labute approximate surface area is 253 Å². The molecular weight excluding hydrogens is 614 g/mol. The highest BCUT2D eigenvalue weighted by molar-refractivity contribution is 5.96. The molecule has 0 aromatic carbocycles. The third-order valence-electron chi connectivity index (χ3n) is 5.84. The fraction of sp³-hybridized carbons (Fsp3) is 0.583. The quantitative estimate of drug-likeness (QED) is 0.0506. The topological polar surface area (TPSA) is 366 Å². The Kier molecular flexibility index (Phi) is 17.4. The van der Waals surface area contributed by atoms with Crippen LogP contribution in [0.15, 0.2) is 0 Å². The van der Waals surface area contributed by atoms with Gasteiger partial charge in [0.25, 0.3) is 0 Å². The van der Waals surface area contributed by atoms with Crippen molar-refractivity contribution in [2.24, 2.45) is 5.73 Å². The molecule has 12 N–H and O–H groups in total. The summed E-state index contributed by atoms with van der Waals surface area (Å²) in [5, 5.41) is 62.1. The van der Waals surface area contributed by atoms with Crippen LogP contribution in [-0.4, -0.2) is 120 Å². The van der Waals surface area contributed by atoms with Gasteiger partial charge >= 0.3 is 35.8 Å². The Morgan fingerprint density at radius 2 is 0.711 bits per heavy atom. The molecule has 0 unspecified atom stereocenters. The van der Waals surface area contributed by atoms with Gasteiger partial charge in [0.1, 0.15) is 24.2 Å². The Morgan fingerprint density at radius 1 is 0.422 bits per heavy atom. The van der Waals surface area contributed by atoms with E-state index < -0.39 is 141 Å². The summed E-state index contributed by atoms with van der Waals surface area (Å²) in [4.78, 5) is 118. The van der Waals surface area contributed by atoms with Gasteiger partial charge in [-0.2, -0.15) is 0 Å². The lowest BCUT2D eigenvalue weighted by Crippen LogP contribution is -2.58. The van der Waals surface area contributed by atoms with Crippen LogP contribution in [0.1, 0.15) is 57.8 Å². The molecule has 21 heteroatoms. The van der Waals surface area contributed by atoms with Gasteiger partial charge < -0.3 is 57.6 Å². The second-order valence-corrected chi connectivity index (χ2v) is 9.52. The van der Waals surface area contributed by atoms with Crippen LogP contribution in [0.5, 0.6) is 0 Å². The molecule has 0 rings (SSSR count). The monoisotopic (exact) mass is 649 g/mol. The minimum atomic E-state index is -1.98. The van der Waals surface area contributed by atoms with E-state index in [2.05, 4.69) is 16.0 Å². The molecule has 0 radical (unpaired) electrons. The zero-order valence-electron chi connectivity index (χ0n) is 23.6. The lowest BCUT2D eigenvalue weighted by atomic mass is 10.0. The number of carbonyl (C=O) groups excluding carboxylic acids is 4. The largest absolute Gasteiger partial charge is 0.481 e. The third kappa shape index (κ3) is 17.4. The molecule has 0 aromatic heterocycles. The first-order valence-electron chi connectivity index (χ1n) is 13.1. The first kappa shape index (κ1) is 39.7. The normalized spacial score (nSPS) is 13.9. The van der Waals surface area contributed by atoms with E-state index in [-0.39, 0.29) is 6.42 Å². The number of rotatable bonds is 23. The maximum absolute atomic E-state index is 13.1. The first-order valence-corrected chi connectivity index (χ1v) is 13.1. The second-order valence-electron chi connectivity index (χ2n) is 9.52. The summed E-state index contributed by atoms with van der Waals surface area (Å²) in [7, 11) is 0. The molecule has 0 bridgehead atoms. The average molecular weight is 650 g/mol. The van der Waals surface area contributed by atoms with Crippen molar-refractivity contribution in [1.82, 2.24) is 21.3 Å². The second kappa shape index (κ2) is 19.8. The molecule has 0 heterocycles. The van der Waals surface area contributed by atoms with Gasteiger partial charge in [0.15, 0.2) is 0 Å². The van der Waals surface area contributed by atoms with Crippen LogP contribution < -0.4 is 27.0 Å². The number of amides is 4. The van der Waals surface area contributed by atoms with E-state index in [1.165, 1.54) is 0 Å². The van der Waals surface area contributed by atoms with Crippen LogP contribution in [0.3, 0.4) is 0 Å². The maximum atomic E-state index is 13.1. The van der Waals surface area contributed by atoms with E-state index in [4.69, 9.17) is 31.3 Å². The Bertz CT molecular complexity index is 1160. The third-order valence-corrected chi connectivity index (χ3v) is 5.84. The summed E-state index contributed by atoms with van der Waals surface area (Å²) in [5.41, 5.74) is 5.61. The minimum absolute atomic E-state index is 0.354. The number of carbonyl (C=O) groups is 10. The van der Waals surface area contributed by atoms with Crippen molar-refractivity contribution in [2.75, 3.05) is 0 Å². The van der Waals surface area contributed by atoms with Gasteiger partial charge in [-0.05, 0) is 25.7 Å². The first-order chi connectivity index (χ1) is 20.8. The fourth-order valence-electron chi connectivity index (χ4n) is 3.49. The van der Waals surface area contributed by atoms with Crippen LogP contribution in [0.25, 0.3) is 0 Å². The fourth-order valence-corrected chi connectivity index (χ4v) is 3.49. The van der Waals surface area contributed by atoms with Crippen molar-refractivity contribution < 1.29 is 78.6 Å². The van der Waals surface area contributed by atoms with E-state index >= 15 is 0 Å². The van der Waals surface area contributed by atoms with Gasteiger partial charge in [0, 0.05) is 25.7 Å². The highest BCUT2D eigenvalue weighted by Gasteiger charge is 2.33. The summed E-state index contributed by atoms with van der Waals surface area (Å²) >= 11 is 0. The molecule has 252 valence electrons. The molecule has 0 aliphatic carbocycles. The zero-order valence-corrected chi connectivity index (χ0v) is 23.6. The number of hydrogen-bond acceptors (Lipinski definition) is 11. The Balaban J connectivity index is 6.07. The predicted molar refractivity (Wildman–Crippen MR) is 143 cm³/mol. The highest BCUT2D eigenvalue weighted by atomic mass is 16.4. The Hall–Kier alpha value is -5.34. The molecule has 0 saturated heterocycles. The molecule has 5 atom stereocenters. The molecule has 0 spiro atoms. The van der Waals surface area contributed by atoms with Crippen molar-refractivity contribution in [3.05, 3.63) is 0 Å². The van der Waals surface area contributed by atoms with E-state index in [1.54, 1.807) is 0 Å². The average Bonchev–Trinajstić information content (AvgIpc) is 2.92. The van der Waals surface area contributed by atoms with Crippen molar-refractivity contribution in [3.63, 3.8) is 0 Å². The van der Waals surface area contributed by atoms with Gasteiger partial charge in [0.2, 0.25) is 23.6 Å². The van der Waals surface area contributed by atoms with Crippen molar-refractivity contribution in [2.45, 2.75) is 88.0 Å². The molecule has 0 aliphatic heterocycles. The summed E-state index contributed by atoms with van der Waals surface area (Å²) in [6, 6.07) is -8.71. The van der Waals surface area contributed by atoms with Crippen LogP contribution in [0.4, 0.5) is 0 Å². The molecule has 0 aromatic rings. The van der Waals surface area contributed by atoms with Crippen molar-refractivity contribution >= 4 is 59.4 Å². The number of nitrogens with one attached hydrogen (secondary N) is 4. The molecule has 0 saturated carbocycles. The number of carboxylic acid groups (broad SMARTS) is 6. The molecule has 21 nitrogen and oxygen atoms in total. The van der Waals surface area contributed by atoms with Crippen LogP contribution in [0.2, 0.25) is 0 Å². The lowest BCUT2D eigenvalue weighted by molar-refractivity contribution is -0.147. The highest BCUT2D eigenvalue weighted by Crippen LogP contribution is 2.07. The molecule has 0 aliphatic rings. The number of aliphatic carboxylic acids is 6.